The highest BCUT2D eigenvalue weighted by molar-refractivity contribution is 5.78. The number of carbonyl (C=O) groups is 2. The molecule has 0 heterocycles. The number of ketones is 1. The van der Waals surface area contributed by atoms with Crippen molar-refractivity contribution in [3.8, 4) is 0 Å². The van der Waals surface area contributed by atoms with Crippen molar-refractivity contribution in [1.29, 1.82) is 0 Å². The van der Waals surface area contributed by atoms with Crippen LogP contribution in [-0.2, 0) is 14.3 Å². The van der Waals surface area contributed by atoms with E-state index < -0.39 is 12.1 Å². The number of ether oxygens (including phenoxy) is 1. The molecule has 0 radical (unpaired) electrons. The normalized spacial score (nSPS) is 17.8. The van der Waals surface area contributed by atoms with Gasteiger partial charge in [0.1, 0.15) is 11.9 Å². The zero-order valence-electron chi connectivity index (χ0n) is 8.78. The van der Waals surface area contributed by atoms with Gasteiger partial charge in [0.2, 0.25) is 0 Å². The van der Waals surface area contributed by atoms with E-state index in [0.29, 0.717) is 5.78 Å². The van der Waals surface area contributed by atoms with Crippen LogP contribution in [0.3, 0.4) is 0 Å². The summed E-state index contributed by atoms with van der Waals surface area (Å²) in [5.74, 6) is -0.133. The highest BCUT2D eigenvalue weighted by Gasteiger charge is 2.06. The molecule has 1 saturated carbocycles. The molecule has 0 amide bonds. The van der Waals surface area contributed by atoms with Gasteiger partial charge in [-0.15, -0.1) is 0 Å². The minimum Gasteiger partial charge on any atom is -0.467 e. The molecule has 1 fully saturated rings. The lowest BCUT2D eigenvalue weighted by atomic mass is 10.00. The fraction of sp³-hybridized carbons (Fsp3) is 0.800. The van der Waals surface area contributed by atoms with Gasteiger partial charge >= 0.3 is 5.97 Å². The molecule has 0 aromatic rings. The Morgan fingerprint density at radius 3 is 2.00 bits per heavy atom. The first kappa shape index (κ1) is 13.1. The monoisotopic (exact) mass is 202 g/mol. The predicted molar refractivity (Wildman–Crippen MR) is 51.8 cm³/mol. The summed E-state index contributed by atoms with van der Waals surface area (Å²) in [5, 5.41) is 8.35. The molecule has 0 aliphatic heterocycles. The van der Waals surface area contributed by atoms with Gasteiger partial charge < -0.3 is 9.84 Å². The second kappa shape index (κ2) is 7.50. The summed E-state index contributed by atoms with van der Waals surface area (Å²) in [4.78, 5) is 20.5. The van der Waals surface area contributed by atoms with Gasteiger partial charge in [0.25, 0.3) is 0 Å². The Morgan fingerprint density at radius 1 is 1.36 bits per heavy atom. The number of esters is 1. The van der Waals surface area contributed by atoms with Crippen LogP contribution in [0.2, 0.25) is 0 Å². The molecule has 4 heteroatoms. The van der Waals surface area contributed by atoms with Crippen LogP contribution in [0.15, 0.2) is 0 Å². The number of hydrogen-bond acceptors (Lipinski definition) is 4. The molecule has 0 spiro atoms. The van der Waals surface area contributed by atoms with Crippen LogP contribution < -0.4 is 0 Å². The first-order valence-electron chi connectivity index (χ1n) is 4.85. The van der Waals surface area contributed by atoms with E-state index in [1.165, 1.54) is 20.5 Å². The van der Waals surface area contributed by atoms with Gasteiger partial charge in [0, 0.05) is 12.8 Å². The van der Waals surface area contributed by atoms with Gasteiger partial charge in [-0.2, -0.15) is 0 Å². The van der Waals surface area contributed by atoms with Crippen molar-refractivity contribution in [2.24, 2.45) is 0 Å². The van der Waals surface area contributed by atoms with Crippen LogP contribution >= 0.6 is 0 Å². The van der Waals surface area contributed by atoms with E-state index in [0.717, 1.165) is 25.7 Å². The molecule has 14 heavy (non-hydrogen) atoms. The highest BCUT2D eigenvalue weighted by Crippen LogP contribution is 2.12. The second-order valence-corrected chi connectivity index (χ2v) is 3.30. The summed E-state index contributed by atoms with van der Waals surface area (Å²) in [6, 6.07) is 0. The van der Waals surface area contributed by atoms with Crippen molar-refractivity contribution in [3.63, 3.8) is 0 Å². The zero-order chi connectivity index (χ0) is 11.0. The molecule has 0 saturated heterocycles. The van der Waals surface area contributed by atoms with E-state index in [4.69, 9.17) is 5.11 Å². The Labute approximate surface area is 84.3 Å². The molecule has 4 nitrogen and oxygen atoms in total. The van der Waals surface area contributed by atoms with Crippen LogP contribution in [-0.4, -0.2) is 30.1 Å². The Balaban J connectivity index is 0.000000241. The molecule has 1 rings (SSSR count). The summed E-state index contributed by atoms with van der Waals surface area (Å²) in [6.07, 6.45) is 4.24. The molecule has 1 unspecified atom stereocenters. The molecule has 82 valence electrons. The Morgan fingerprint density at radius 2 is 1.86 bits per heavy atom. The van der Waals surface area contributed by atoms with Crippen molar-refractivity contribution >= 4 is 11.8 Å². The number of rotatable bonds is 1. The summed E-state index contributed by atoms with van der Waals surface area (Å²) in [7, 11) is 1.23. The molecule has 1 aliphatic rings. The summed E-state index contributed by atoms with van der Waals surface area (Å²) >= 11 is 0. The van der Waals surface area contributed by atoms with Crippen molar-refractivity contribution in [3.05, 3.63) is 0 Å². The summed E-state index contributed by atoms with van der Waals surface area (Å²) < 4.78 is 4.12. The van der Waals surface area contributed by atoms with Crippen molar-refractivity contribution in [2.45, 2.75) is 45.1 Å². The topological polar surface area (TPSA) is 63.6 Å². The van der Waals surface area contributed by atoms with Crippen LogP contribution in [0, 0.1) is 0 Å². The lowest BCUT2D eigenvalue weighted by Gasteiger charge is -2.05. The predicted octanol–water partition coefficient (Wildman–Crippen LogP) is 1.06. The van der Waals surface area contributed by atoms with Gasteiger partial charge in [-0.1, -0.05) is 6.42 Å². The third kappa shape index (κ3) is 6.60. The fourth-order valence-electron chi connectivity index (χ4n) is 1.12. The van der Waals surface area contributed by atoms with Gasteiger partial charge in [-0.25, -0.2) is 4.79 Å². The average molecular weight is 202 g/mol. The number of Topliss-reactive ketones (excluding diaryl/α,β-unsaturated/α-hetero) is 1. The first-order valence-corrected chi connectivity index (χ1v) is 4.85. The maximum absolute atomic E-state index is 10.5. The molecular formula is C10H18O4. The van der Waals surface area contributed by atoms with E-state index in [2.05, 4.69) is 4.74 Å². The van der Waals surface area contributed by atoms with E-state index >= 15 is 0 Å². The highest BCUT2D eigenvalue weighted by atomic mass is 16.5. The third-order valence-electron chi connectivity index (χ3n) is 1.95. The number of hydrogen-bond donors (Lipinski definition) is 1. The van der Waals surface area contributed by atoms with Crippen LogP contribution in [0.5, 0.6) is 0 Å². The van der Waals surface area contributed by atoms with Crippen LogP contribution in [0.25, 0.3) is 0 Å². The maximum Gasteiger partial charge on any atom is 0.334 e. The molecule has 0 aromatic heterocycles. The van der Waals surface area contributed by atoms with E-state index in [9.17, 15) is 9.59 Å². The summed E-state index contributed by atoms with van der Waals surface area (Å²) in [5.41, 5.74) is 0. The molecule has 0 bridgehead atoms. The lowest BCUT2D eigenvalue weighted by molar-refractivity contribution is -0.149. The maximum atomic E-state index is 10.5. The average Bonchev–Trinajstić information content (AvgIpc) is 2.18. The van der Waals surface area contributed by atoms with Crippen LogP contribution in [0.1, 0.15) is 39.0 Å². The van der Waals surface area contributed by atoms with Gasteiger partial charge in [-0.3, -0.25) is 4.79 Å². The Bertz CT molecular complexity index is 179. The summed E-state index contributed by atoms with van der Waals surface area (Å²) in [6.45, 7) is 1.35. The van der Waals surface area contributed by atoms with Gasteiger partial charge in [0.05, 0.1) is 7.11 Å². The molecule has 1 N–H and O–H groups in total. The van der Waals surface area contributed by atoms with Crippen LogP contribution in [0.4, 0.5) is 0 Å². The minimum absolute atomic E-state index is 0.464. The van der Waals surface area contributed by atoms with Gasteiger partial charge in [0.15, 0.2) is 0 Å². The SMILES string of the molecule is COC(=O)C(C)O.O=C1CCCCC1. The molecule has 1 aliphatic carbocycles. The molecule has 1 atom stereocenters. The number of aliphatic hydroxyl groups is 1. The Hall–Kier alpha value is -0.900. The van der Waals surface area contributed by atoms with Crippen molar-refractivity contribution in [2.75, 3.05) is 7.11 Å². The van der Waals surface area contributed by atoms with E-state index in [1.54, 1.807) is 0 Å². The standard InChI is InChI=1S/C6H10O.C4H8O3/c7-6-4-2-1-3-5-6;1-3(5)4(6)7-2/h1-5H2;3,5H,1-2H3. The van der Waals surface area contributed by atoms with Gasteiger partial charge in [-0.05, 0) is 19.8 Å². The van der Waals surface area contributed by atoms with E-state index in [1.807, 2.05) is 0 Å². The van der Waals surface area contributed by atoms with Crippen molar-refractivity contribution in [1.82, 2.24) is 0 Å². The number of methoxy groups -OCH3 is 1. The van der Waals surface area contributed by atoms with E-state index in [-0.39, 0.29) is 0 Å². The minimum atomic E-state index is -0.995. The smallest absolute Gasteiger partial charge is 0.334 e. The Kier molecular flexibility index (Phi) is 7.02. The van der Waals surface area contributed by atoms with Crippen molar-refractivity contribution < 1.29 is 19.4 Å². The number of aliphatic hydroxyl groups excluding tert-OH is 1. The molecule has 0 aromatic carbocycles. The second-order valence-electron chi connectivity index (χ2n) is 3.30. The molecular weight excluding hydrogens is 184 g/mol. The third-order valence-corrected chi connectivity index (χ3v) is 1.95. The lowest BCUT2D eigenvalue weighted by Crippen LogP contribution is -2.16. The first-order chi connectivity index (χ1) is 6.57. The quantitative estimate of drug-likeness (QED) is 0.646. The largest absolute Gasteiger partial charge is 0.467 e. The zero-order valence-corrected chi connectivity index (χ0v) is 8.78. The fourth-order valence-corrected chi connectivity index (χ4v) is 1.12. The number of carbonyl (C=O) groups excluding carboxylic acids is 2.